The van der Waals surface area contributed by atoms with Crippen molar-refractivity contribution in [1.82, 2.24) is 5.53 Å². The molecule has 1 rings (SSSR count). The summed E-state index contributed by atoms with van der Waals surface area (Å²) in [7, 11) is 1.32. The number of hydrogen-bond donors (Lipinski definition) is 3. The number of hydrogen-bond acceptors (Lipinski definition) is 8. The summed E-state index contributed by atoms with van der Waals surface area (Å²) in [5.41, 5.74) is 7.14. The molecule has 5 N–H and O–H groups in total. The van der Waals surface area contributed by atoms with Gasteiger partial charge in [0.25, 0.3) is 0 Å². The maximum atomic E-state index is 12.8. The summed E-state index contributed by atoms with van der Waals surface area (Å²) in [5.74, 6) is 4.06. The van der Waals surface area contributed by atoms with Gasteiger partial charge >= 0.3 is 11.9 Å². The molecule has 0 heterocycles. The molecule has 170 valence electrons. The Labute approximate surface area is 179 Å². The van der Waals surface area contributed by atoms with Crippen LogP contribution in [0.2, 0.25) is 0 Å². The predicted octanol–water partition coefficient (Wildman–Crippen LogP) is 2.28. The largest absolute Gasteiger partial charge is 0.465 e. The highest BCUT2D eigenvalue weighted by molar-refractivity contribution is 6.08. The summed E-state index contributed by atoms with van der Waals surface area (Å²) in [4.78, 5) is 24.4. The van der Waals surface area contributed by atoms with Crippen molar-refractivity contribution >= 4 is 17.8 Å². The normalized spacial score (nSPS) is 13.4. The van der Waals surface area contributed by atoms with Crippen molar-refractivity contribution in [2.45, 2.75) is 65.6 Å². The molecule has 0 spiro atoms. The van der Waals surface area contributed by atoms with E-state index in [0.29, 0.717) is 12.0 Å². The zero-order valence-electron chi connectivity index (χ0n) is 19.1. The van der Waals surface area contributed by atoms with Crippen molar-refractivity contribution in [3.05, 3.63) is 35.4 Å². The van der Waals surface area contributed by atoms with E-state index in [-0.39, 0.29) is 18.9 Å². The Kier molecular flexibility index (Phi) is 11.7. The third-order valence-corrected chi connectivity index (χ3v) is 3.83. The minimum absolute atomic E-state index is 0.130. The quantitative estimate of drug-likeness (QED) is 0.180. The lowest BCUT2D eigenvalue weighted by Crippen LogP contribution is -2.57. The fourth-order valence-corrected chi connectivity index (χ4v) is 2.66. The number of esters is 2. The maximum absolute atomic E-state index is 12.8. The molecule has 30 heavy (non-hydrogen) atoms. The molecule has 0 radical (unpaired) electrons. The molecule has 9 nitrogen and oxygen atoms in total. The molecule has 1 unspecified atom stereocenters. The molecule has 0 aliphatic rings. The molecule has 0 bridgehead atoms. The van der Waals surface area contributed by atoms with Crippen LogP contribution in [0.25, 0.3) is 0 Å². The van der Waals surface area contributed by atoms with Crippen LogP contribution in [0, 0.1) is 0 Å². The Balaban J connectivity index is 0.00000407. The number of carbonyl (C=O) groups excluding carboxylic acids is 2. The van der Waals surface area contributed by atoms with Gasteiger partial charge in [-0.25, -0.2) is 21.0 Å². The first-order valence-corrected chi connectivity index (χ1v) is 9.93. The molecule has 0 aliphatic carbocycles. The Bertz CT molecular complexity index is 698. The van der Waals surface area contributed by atoms with Gasteiger partial charge in [0.15, 0.2) is 5.84 Å². The van der Waals surface area contributed by atoms with Gasteiger partial charge < -0.3 is 19.9 Å². The Morgan fingerprint density at radius 2 is 1.70 bits per heavy atom. The molecule has 1 aromatic rings. The van der Waals surface area contributed by atoms with Crippen LogP contribution < -0.4 is 17.1 Å². The van der Waals surface area contributed by atoms with Crippen molar-refractivity contribution in [3.63, 3.8) is 0 Å². The monoisotopic (exact) mass is 424 g/mol. The standard InChI is InChI=1S/C19H30N4O5.C2H6/c1-6-27-17(25)19(16(20)22-23-21,28-18(2,3)4)12-11-13-7-9-14(10-8-13)15(24)26-5;1-2/h7-10,23H,6,11-12,21H2,1-5H3,(H2,20,22);1-2H3. The van der Waals surface area contributed by atoms with Crippen LogP contribution in [0.1, 0.15) is 63.9 Å². The fraction of sp³-hybridized carbons (Fsp3) is 0.571. The second kappa shape index (κ2) is 12.8. The topological polar surface area (TPSA) is 138 Å². The molecule has 0 aromatic heterocycles. The van der Waals surface area contributed by atoms with Gasteiger partial charge in [-0.3, -0.25) is 0 Å². The van der Waals surface area contributed by atoms with Crippen molar-refractivity contribution in [3.8, 4) is 0 Å². The number of benzene rings is 1. The Hall–Kier alpha value is -2.65. The van der Waals surface area contributed by atoms with Crippen molar-refractivity contribution < 1.29 is 23.8 Å². The van der Waals surface area contributed by atoms with E-state index in [4.69, 9.17) is 25.8 Å². The lowest BCUT2D eigenvalue weighted by atomic mass is 9.91. The van der Waals surface area contributed by atoms with Gasteiger partial charge in [-0.15, -0.1) is 5.10 Å². The summed E-state index contributed by atoms with van der Waals surface area (Å²) < 4.78 is 16.0. The summed E-state index contributed by atoms with van der Waals surface area (Å²) in [5, 5.41) is 3.78. The predicted molar refractivity (Wildman–Crippen MR) is 117 cm³/mol. The second-order valence-corrected chi connectivity index (χ2v) is 7.08. The Morgan fingerprint density at radius 3 is 2.13 bits per heavy atom. The van der Waals surface area contributed by atoms with Gasteiger partial charge in [0.05, 0.1) is 24.9 Å². The van der Waals surface area contributed by atoms with Crippen LogP contribution >= 0.6 is 0 Å². The number of rotatable bonds is 9. The van der Waals surface area contributed by atoms with E-state index in [1.54, 1.807) is 52.0 Å². The van der Waals surface area contributed by atoms with Gasteiger partial charge in [0.2, 0.25) is 5.60 Å². The van der Waals surface area contributed by atoms with Gasteiger partial charge in [-0.2, -0.15) is 0 Å². The van der Waals surface area contributed by atoms with E-state index < -0.39 is 23.1 Å². The fourth-order valence-electron chi connectivity index (χ4n) is 2.66. The lowest BCUT2D eigenvalue weighted by Gasteiger charge is -2.36. The zero-order valence-corrected chi connectivity index (χ0v) is 19.1. The molecule has 0 saturated heterocycles. The highest BCUT2D eigenvalue weighted by Gasteiger charge is 2.48. The number of aryl methyl sites for hydroxylation is 1. The second-order valence-electron chi connectivity index (χ2n) is 7.08. The average Bonchev–Trinajstić information content (AvgIpc) is 2.71. The number of carbonyl (C=O) groups is 2. The molecule has 0 fully saturated rings. The van der Waals surface area contributed by atoms with Crippen LogP contribution in [-0.4, -0.2) is 42.7 Å². The van der Waals surface area contributed by atoms with Gasteiger partial charge in [0.1, 0.15) is 0 Å². The summed E-state index contributed by atoms with van der Waals surface area (Å²) in [6.45, 7) is 11.3. The van der Waals surface area contributed by atoms with E-state index in [0.717, 1.165) is 5.56 Å². The molecule has 1 atom stereocenters. The highest BCUT2D eigenvalue weighted by atomic mass is 16.6. The van der Waals surface area contributed by atoms with Crippen LogP contribution in [0.5, 0.6) is 0 Å². The third kappa shape index (κ3) is 8.00. The number of nitrogens with one attached hydrogen (secondary N) is 1. The number of methoxy groups -OCH3 is 1. The molecule has 0 aliphatic heterocycles. The maximum Gasteiger partial charge on any atom is 0.346 e. The summed E-state index contributed by atoms with van der Waals surface area (Å²) in [6, 6.07) is 6.84. The number of hydrazine groups is 1. The SMILES string of the molecule is CC.CCOC(=O)C(CCc1ccc(C(=O)OC)cc1)(OC(C)(C)C)/C(N)=N/NN. The highest BCUT2D eigenvalue weighted by Crippen LogP contribution is 2.28. The number of amidine groups is 1. The van der Waals surface area contributed by atoms with Crippen LogP contribution in [-0.2, 0) is 25.4 Å². The van der Waals surface area contributed by atoms with E-state index in [2.05, 4.69) is 10.6 Å². The van der Waals surface area contributed by atoms with Gasteiger partial charge in [0, 0.05) is 0 Å². The van der Waals surface area contributed by atoms with Crippen LogP contribution in [0.3, 0.4) is 0 Å². The first-order chi connectivity index (χ1) is 14.1. The number of hydrazone groups is 1. The van der Waals surface area contributed by atoms with Crippen molar-refractivity contribution in [1.29, 1.82) is 0 Å². The van der Waals surface area contributed by atoms with Crippen LogP contribution in [0.4, 0.5) is 0 Å². The van der Waals surface area contributed by atoms with Crippen molar-refractivity contribution in [2.24, 2.45) is 16.7 Å². The van der Waals surface area contributed by atoms with Gasteiger partial charge in [-0.1, -0.05) is 26.0 Å². The Morgan fingerprint density at radius 1 is 1.13 bits per heavy atom. The average molecular weight is 425 g/mol. The summed E-state index contributed by atoms with van der Waals surface area (Å²) in [6.07, 6.45) is 0.578. The molecule has 1 aromatic carbocycles. The first-order valence-electron chi connectivity index (χ1n) is 9.93. The number of nitrogens with zero attached hydrogens (tertiary/aromatic N) is 1. The van der Waals surface area contributed by atoms with E-state index in [1.807, 2.05) is 13.8 Å². The van der Waals surface area contributed by atoms with Crippen molar-refractivity contribution in [2.75, 3.05) is 13.7 Å². The molecule has 9 heteroatoms. The van der Waals surface area contributed by atoms with E-state index in [1.165, 1.54) is 7.11 Å². The lowest BCUT2D eigenvalue weighted by molar-refractivity contribution is -0.177. The number of nitrogens with two attached hydrogens (primary N) is 2. The minimum atomic E-state index is -1.62. The smallest absolute Gasteiger partial charge is 0.346 e. The van der Waals surface area contributed by atoms with E-state index in [9.17, 15) is 9.59 Å². The van der Waals surface area contributed by atoms with Crippen LogP contribution in [0.15, 0.2) is 29.4 Å². The number of ether oxygens (including phenoxy) is 3. The molecule has 0 saturated carbocycles. The first kappa shape index (κ1) is 27.4. The third-order valence-electron chi connectivity index (χ3n) is 3.83. The summed E-state index contributed by atoms with van der Waals surface area (Å²) >= 11 is 0. The molecule has 0 amide bonds. The van der Waals surface area contributed by atoms with Gasteiger partial charge in [-0.05, 0) is 58.2 Å². The van der Waals surface area contributed by atoms with E-state index >= 15 is 0 Å². The molecular formula is C21H36N4O5. The minimum Gasteiger partial charge on any atom is -0.465 e. The molecular weight excluding hydrogens is 388 g/mol. The zero-order chi connectivity index (χ0) is 23.4.